The molecule has 6 heteroatoms. The van der Waals surface area contributed by atoms with Gasteiger partial charge >= 0.3 is 0 Å². The summed E-state index contributed by atoms with van der Waals surface area (Å²) in [6, 6.07) is 1.95. The fraction of sp³-hybridized carbons (Fsp3) is 0.364. The van der Waals surface area contributed by atoms with Gasteiger partial charge in [0.1, 0.15) is 17.0 Å². The summed E-state index contributed by atoms with van der Waals surface area (Å²) < 4.78 is 0. The first-order chi connectivity index (χ1) is 8.31. The van der Waals surface area contributed by atoms with E-state index in [-0.39, 0.29) is 12.5 Å². The summed E-state index contributed by atoms with van der Waals surface area (Å²) in [5, 5.41) is 8.75. The van der Waals surface area contributed by atoms with E-state index in [0.29, 0.717) is 12.4 Å². The Hall–Kier alpha value is -1.69. The van der Waals surface area contributed by atoms with Crippen LogP contribution in [0.4, 0.5) is 5.82 Å². The number of thiophene rings is 1. The predicted molar refractivity (Wildman–Crippen MR) is 69.2 cm³/mol. The van der Waals surface area contributed by atoms with Crippen LogP contribution in [0.2, 0.25) is 0 Å². The van der Waals surface area contributed by atoms with E-state index in [9.17, 15) is 4.79 Å². The van der Waals surface area contributed by atoms with Crippen molar-refractivity contribution in [2.75, 3.05) is 18.4 Å². The van der Waals surface area contributed by atoms with Crippen molar-refractivity contribution in [2.45, 2.75) is 13.3 Å². The molecule has 1 amide bonds. The third kappa shape index (κ3) is 2.91. The minimum absolute atomic E-state index is 0.0196. The van der Waals surface area contributed by atoms with E-state index in [4.69, 9.17) is 0 Å². The number of hydrogen-bond donors (Lipinski definition) is 2. The van der Waals surface area contributed by atoms with Crippen LogP contribution in [0.15, 0.2) is 17.8 Å². The lowest BCUT2D eigenvalue weighted by atomic mass is 10.4. The van der Waals surface area contributed by atoms with E-state index in [1.807, 2.05) is 18.4 Å². The van der Waals surface area contributed by atoms with Crippen LogP contribution in [0.1, 0.15) is 13.3 Å². The Morgan fingerprint density at radius 3 is 3.18 bits per heavy atom. The monoisotopic (exact) mass is 250 g/mol. The lowest BCUT2D eigenvalue weighted by Crippen LogP contribution is -2.30. The van der Waals surface area contributed by atoms with E-state index in [1.54, 1.807) is 11.3 Å². The van der Waals surface area contributed by atoms with Crippen molar-refractivity contribution in [3.05, 3.63) is 17.8 Å². The van der Waals surface area contributed by atoms with Crippen molar-refractivity contribution in [1.82, 2.24) is 15.3 Å². The van der Waals surface area contributed by atoms with Crippen LogP contribution in [-0.2, 0) is 4.79 Å². The van der Waals surface area contributed by atoms with E-state index in [1.165, 1.54) is 6.33 Å². The summed E-state index contributed by atoms with van der Waals surface area (Å²) in [5.41, 5.74) is 0. The molecule has 0 fully saturated rings. The molecule has 0 aliphatic rings. The largest absolute Gasteiger partial charge is 0.360 e. The molecule has 0 bridgehead atoms. The van der Waals surface area contributed by atoms with Crippen LogP contribution >= 0.6 is 11.3 Å². The number of hydrogen-bond acceptors (Lipinski definition) is 5. The number of nitrogens with zero attached hydrogens (tertiary/aromatic N) is 2. The summed E-state index contributed by atoms with van der Waals surface area (Å²) in [6.45, 7) is 2.97. The molecule has 0 unspecified atom stereocenters. The normalized spacial score (nSPS) is 10.4. The van der Waals surface area contributed by atoms with Gasteiger partial charge in [0.05, 0.1) is 11.9 Å². The van der Waals surface area contributed by atoms with Gasteiger partial charge < -0.3 is 10.6 Å². The quantitative estimate of drug-likeness (QED) is 0.846. The molecule has 2 heterocycles. The summed E-state index contributed by atoms with van der Waals surface area (Å²) in [6.07, 6.45) is 2.44. The molecule has 0 saturated carbocycles. The van der Waals surface area contributed by atoms with Crippen LogP contribution in [0.3, 0.4) is 0 Å². The number of aromatic nitrogens is 2. The number of rotatable bonds is 5. The molecule has 5 nitrogen and oxygen atoms in total. The molecule has 17 heavy (non-hydrogen) atoms. The Kier molecular flexibility index (Phi) is 3.87. The first kappa shape index (κ1) is 11.8. The van der Waals surface area contributed by atoms with Crippen molar-refractivity contribution in [3.8, 4) is 0 Å². The van der Waals surface area contributed by atoms with E-state index in [0.717, 1.165) is 16.6 Å². The van der Waals surface area contributed by atoms with Gasteiger partial charge in [0, 0.05) is 6.54 Å². The average Bonchev–Trinajstić information content (AvgIpc) is 2.82. The minimum atomic E-state index is -0.0196. The maximum absolute atomic E-state index is 11.4. The van der Waals surface area contributed by atoms with Gasteiger partial charge in [0.15, 0.2) is 0 Å². The van der Waals surface area contributed by atoms with Crippen LogP contribution in [0, 0.1) is 0 Å². The molecule has 0 radical (unpaired) electrons. The summed E-state index contributed by atoms with van der Waals surface area (Å²) in [4.78, 5) is 20.6. The zero-order valence-electron chi connectivity index (χ0n) is 9.56. The van der Waals surface area contributed by atoms with Crippen LogP contribution in [-0.4, -0.2) is 29.0 Å². The third-order valence-electron chi connectivity index (χ3n) is 2.25. The van der Waals surface area contributed by atoms with Crippen LogP contribution in [0.5, 0.6) is 0 Å². The standard InChI is InChI=1S/C11H14N4OS/c1-2-4-12-9(16)6-13-10-8-3-5-17-11(8)15-7-14-10/h3,5,7H,2,4,6H2,1H3,(H,12,16)(H,13,14,15). The summed E-state index contributed by atoms with van der Waals surface area (Å²) in [5.74, 6) is 0.691. The molecule has 0 aliphatic heterocycles. The van der Waals surface area contributed by atoms with E-state index < -0.39 is 0 Å². The van der Waals surface area contributed by atoms with Gasteiger partial charge in [-0.25, -0.2) is 9.97 Å². The smallest absolute Gasteiger partial charge is 0.239 e. The Morgan fingerprint density at radius 1 is 1.47 bits per heavy atom. The molecular formula is C11H14N4OS. The Balaban J connectivity index is 1.99. The first-order valence-electron chi connectivity index (χ1n) is 5.50. The van der Waals surface area contributed by atoms with Gasteiger partial charge in [0.2, 0.25) is 5.91 Å². The SMILES string of the molecule is CCCNC(=O)CNc1ncnc2sccc12. The molecule has 2 aromatic rings. The predicted octanol–water partition coefficient (Wildman–Crippen LogP) is 1.63. The Morgan fingerprint density at radius 2 is 2.35 bits per heavy atom. The molecule has 0 saturated heterocycles. The highest BCUT2D eigenvalue weighted by Crippen LogP contribution is 2.23. The van der Waals surface area contributed by atoms with E-state index in [2.05, 4.69) is 20.6 Å². The van der Waals surface area contributed by atoms with Crippen molar-refractivity contribution in [3.63, 3.8) is 0 Å². The maximum atomic E-state index is 11.4. The number of amides is 1. The lowest BCUT2D eigenvalue weighted by Gasteiger charge is -2.06. The molecule has 2 aromatic heterocycles. The summed E-state index contributed by atoms with van der Waals surface area (Å²) in [7, 11) is 0. The second-order valence-corrected chi connectivity index (χ2v) is 4.46. The highest BCUT2D eigenvalue weighted by Gasteiger charge is 2.05. The number of carbonyl (C=O) groups is 1. The van der Waals surface area contributed by atoms with Crippen LogP contribution in [0.25, 0.3) is 10.2 Å². The van der Waals surface area contributed by atoms with Gasteiger partial charge in [-0.15, -0.1) is 11.3 Å². The second kappa shape index (κ2) is 5.58. The van der Waals surface area contributed by atoms with Gasteiger partial charge in [-0.3, -0.25) is 4.79 Å². The third-order valence-corrected chi connectivity index (χ3v) is 3.07. The average molecular weight is 250 g/mol. The zero-order chi connectivity index (χ0) is 12.1. The zero-order valence-corrected chi connectivity index (χ0v) is 10.4. The van der Waals surface area contributed by atoms with Crippen LogP contribution < -0.4 is 10.6 Å². The molecule has 2 N–H and O–H groups in total. The van der Waals surface area contributed by atoms with E-state index >= 15 is 0 Å². The van der Waals surface area contributed by atoms with Gasteiger partial charge in [0.25, 0.3) is 0 Å². The molecule has 0 atom stereocenters. The van der Waals surface area contributed by atoms with Gasteiger partial charge in [-0.1, -0.05) is 6.92 Å². The molecule has 0 aliphatic carbocycles. The van der Waals surface area contributed by atoms with Crippen molar-refractivity contribution < 1.29 is 4.79 Å². The lowest BCUT2D eigenvalue weighted by molar-refractivity contribution is -0.119. The van der Waals surface area contributed by atoms with Crippen molar-refractivity contribution in [1.29, 1.82) is 0 Å². The minimum Gasteiger partial charge on any atom is -0.360 e. The second-order valence-electron chi connectivity index (χ2n) is 3.57. The Bertz CT molecular complexity index is 511. The number of carbonyl (C=O) groups excluding carboxylic acids is 1. The first-order valence-corrected chi connectivity index (χ1v) is 6.38. The Labute approximate surface area is 103 Å². The highest BCUT2D eigenvalue weighted by atomic mass is 32.1. The molecule has 0 spiro atoms. The maximum Gasteiger partial charge on any atom is 0.239 e. The number of anilines is 1. The fourth-order valence-electron chi connectivity index (χ4n) is 1.42. The number of nitrogens with one attached hydrogen (secondary N) is 2. The van der Waals surface area contributed by atoms with Crippen molar-refractivity contribution in [2.24, 2.45) is 0 Å². The highest BCUT2D eigenvalue weighted by molar-refractivity contribution is 7.16. The molecule has 0 aromatic carbocycles. The fourth-order valence-corrected chi connectivity index (χ4v) is 2.15. The van der Waals surface area contributed by atoms with Crippen molar-refractivity contribution >= 4 is 33.3 Å². The number of fused-ring (bicyclic) bond motifs is 1. The topological polar surface area (TPSA) is 66.9 Å². The summed E-state index contributed by atoms with van der Waals surface area (Å²) >= 11 is 1.56. The van der Waals surface area contributed by atoms with Gasteiger partial charge in [-0.2, -0.15) is 0 Å². The molecule has 2 rings (SSSR count). The molecule has 90 valence electrons. The molecular weight excluding hydrogens is 236 g/mol. The van der Waals surface area contributed by atoms with Gasteiger partial charge in [-0.05, 0) is 17.9 Å².